The van der Waals surface area contributed by atoms with E-state index in [1.54, 1.807) is 0 Å². The number of aromatic nitrogens is 2. The molecule has 1 aromatic heterocycles. The number of likely N-dealkylation sites (tertiary alicyclic amines) is 1. The number of nitrogens with two attached hydrogens (primary N) is 1. The summed E-state index contributed by atoms with van der Waals surface area (Å²) in [6, 6.07) is -0.270. The monoisotopic (exact) mass is 429 g/mol. The number of nitrogens with one attached hydrogen (secondary N) is 1. The second kappa shape index (κ2) is 8.14. The van der Waals surface area contributed by atoms with Gasteiger partial charge in [-0.2, -0.15) is 9.97 Å². The Balaban J connectivity index is 1.31. The number of nitrogen functional groups attached to an aromatic ring is 1. The van der Waals surface area contributed by atoms with Crippen LogP contribution in [0, 0.1) is 11.8 Å². The Bertz CT molecular complexity index is 869. The van der Waals surface area contributed by atoms with Crippen LogP contribution in [0.15, 0.2) is 0 Å². The van der Waals surface area contributed by atoms with Crippen LogP contribution in [-0.2, 0) is 9.59 Å². The highest BCUT2D eigenvalue weighted by Crippen LogP contribution is 2.44. The van der Waals surface area contributed by atoms with Gasteiger partial charge in [-0.05, 0) is 31.1 Å². The minimum Gasteiger partial charge on any atom is -0.463 e. The second-order valence-corrected chi connectivity index (χ2v) is 9.13. The van der Waals surface area contributed by atoms with E-state index in [0.717, 1.165) is 44.2 Å². The van der Waals surface area contributed by atoms with Gasteiger partial charge in [-0.25, -0.2) is 0 Å². The molecular weight excluding hydrogens is 398 g/mol. The first-order valence-electron chi connectivity index (χ1n) is 11.4. The van der Waals surface area contributed by atoms with Gasteiger partial charge in [0.05, 0.1) is 19.7 Å². The predicted octanol–water partition coefficient (Wildman–Crippen LogP) is 0.549. The van der Waals surface area contributed by atoms with E-state index >= 15 is 0 Å². The number of amides is 2. The van der Waals surface area contributed by atoms with Gasteiger partial charge in [-0.15, -0.1) is 0 Å². The molecule has 0 radical (unpaired) electrons. The zero-order valence-electron chi connectivity index (χ0n) is 18.0. The van der Waals surface area contributed by atoms with E-state index in [1.165, 1.54) is 6.42 Å². The summed E-state index contributed by atoms with van der Waals surface area (Å²) in [5.41, 5.74) is 6.54. The lowest BCUT2D eigenvalue weighted by Crippen LogP contribution is -2.54. The average molecular weight is 430 g/mol. The van der Waals surface area contributed by atoms with Gasteiger partial charge >= 0.3 is 6.01 Å². The fourth-order valence-corrected chi connectivity index (χ4v) is 4.96. The molecule has 1 aliphatic carbocycles. The Kier molecular flexibility index (Phi) is 5.33. The standard InChI is InChI=1S/C21H31N7O3/c1-2-3-7-31-21-24-18(22)17-19(25-21)28-6-4-5-27(11-15(28)20(30)23-17)16(29)12-26-9-13-8-14(13)10-26/h13-15H,2-12H2,1H3,(H,23,30)(H2,22,24,25). The lowest BCUT2D eigenvalue weighted by atomic mass is 10.1. The summed E-state index contributed by atoms with van der Waals surface area (Å²) >= 11 is 0. The zero-order chi connectivity index (χ0) is 21.5. The van der Waals surface area contributed by atoms with Crippen LogP contribution in [0.3, 0.4) is 0 Å². The normalized spacial score (nSPS) is 27.1. The van der Waals surface area contributed by atoms with Gasteiger partial charge in [-0.3, -0.25) is 14.5 Å². The Labute approximate surface area is 182 Å². The first-order valence-corrected chi connectivity index (χ1v) is 11.4. The summed E-state index contributed by atoms with van der Waals surface area (Å²) < 4.78 is 5.67. The fraction of sp³-hybridized carbons (Fsp3) is 0.714. The molecular formula is C21H31N7O3. The van der Waals surface area contributed by atoms with Gasteiger partial charge in [0.2, 0.25) is 11.8 Å². The Morgan fingerprint density at radius 1 is 1.23 bits per heavy atom. The molecule has 5 rings (SSSR count). The molecule has 0 bridgehead atoms. The quantitative estimate of drug-likeness (QED) is 0.630. The van der Waals surface area contributed by atoms with Gasteiger partial charge in [-0.1, -0.05) is 13.3 Å². The molecule has 3 atom stereocenters. The minimum absolute atomic E-state index is 0.104. The maximum absolute atomic E-state index is 13.0. The molecule has 168 valence electrons. The predicted molar refractivity (Wildman–Crippen MR) is 116 cm³/mol. The Morgan fingerprint density at radius 3 is 2.81 bits per heavy atom. The first-order chi connectivity index (χ1) is 15.0. The Hall–Kier alpha value is -2.62. The van der Waals surface area contributed by atoms with Crippen molar-refractivity contribution in [3.8, 4) is 6.01 Å². The van der Waals surface area contributed by atoms with E-state index in [9.17, 15) is 9.59 Å². The third kappa shape index (κ3) is 4.00. The molecule has 0 aromatic carbocycles. The number of anilines is 3. The summed E-state index contributed by atoms with van der Waals surface area (Å²) in [5, 5.41) is 2.86. The van der Waals surface area contributed by atoms with Crippen LogP contribution in [0.5, 0.6) is 6.01 Å². The van der Waals surface area contributed by atoms with Crippen molar-refractivity contribution in [1.29, 1.82) is 0 Å². The topological polar surface area (TPSA) is 117 Å². The molecule has 0 spiro atoms. The van der Waals surface area contributed by atoms with E-state index in [0.29, 0.717) is 44.3 Å². The van der Waals surface area contributed by atoms with E-state index in [-0.39, 0.29) is 23.6 Å². The van der Waals surface area contributed by atoms with E-state index in [1.807, 2.05) is 9.80 Å². The lowest BCUT2D eigenvalue weighted by molar-refractivity contribution is -0.132. The molecule has 2 saturated heterocycles. The molecule has 2 amide bonds. The summed E-state index contributed by atoms with van der Waals surface area (Å²) in [6.07, 6.45) is 3.99. The van der Waals surface area contributed by atoms with Gasteiger partial charge in [0.1, 0.15) is 11.7 Å². The molecule has 3 N–H and O–H groups in total. The number of fused-ring (bicyclic) bond motifs is 4. The van der Waals surface area contributed by atoms with Crippen molar-refractivity contribution in [2.24, 2.45) is 11.8 Å². The molecule has 1 saturated carbocycles. The highest BCUT2D eigenvalue weighted by atomic mass is 16.5. The molecule has 4 aliphatic rings. The van der Waals surface area contributed by atoms with E-state index in [4.69, 9.17) is 10.5 Å². The number of unbranched alkanes of at least 4 members (excludes halogenated alkanes) is 1. The largest absolute Gasteiger partial charge is 0.463 e. The Morgan fingerprint density at radius 2 is 2.03 bits per heavy atom. The van der Waals surface area contributed by atoms with Crippen molar-refractivity contribution in [3.63, 3.8) is 0 Å². The summed E-state index contributed by atoms with van der Waals surface area (Å²) in [4.78, 5) is 40.7. The second-order valence-electron chi connectivity index (χ2n) is 9.13. The summed E-state index contributed by atoms with van der Waals surface area (Å²) in [7, 11) is 0. The molecule has 1 aromatic rings. The van der Waals surface area contributed by atoms with Crippen LogP contribution in [0.1, 0.15) is 32.6 Å². The maximum atomic E-state index is 13.0. The van der Waals surface area contributed by atoms with Gasteiger partial charge in [0.25, 0.3) is 0 Å². The van der Waals surface area contributed by atoms with Crippen LogP contribution in [0.2, 0.25) is 0 Å². The number of ether oxygens (including phenoxy) is 1. The molecule has 31 heavy (non-hydrogen) atoms. The van der Waals surface area contributed by atoms with Crippen LogP contribution < -0.4 is 20.7 Å². The smallest absolute Gasteiger partial charge is 0.320 e. The third-order valence-corrected chi connectivity index (χ3v) is 6.81. The molecule has 3 unspecified atom stereocenters. The van der Waals surface area contributed by atoms with Gasteiger partial charge in [0, 0.05) is 26.2 Å². The van der Waals surface area contributed by atoms with Crippen molar-refractivity contribution in [2.75, 3.05) is 61.8 Å². The van der Waals surface area contributed by atoms with E-state index < -0.39 is 6.04 Å². The van der Waals surface area contributed by atoms with Crippen LogP contribution in [-0.4, -0.2) is 83.5 Å². The first kappa shape index (κ1) is 20.3. The van der Waals surface area contributed by atoms with Gasteiger partial charge < -0.3 is 25.6 Å². The number of nitrogens with zero attached hydrogens (tertiary/aromatic N) is 5. The highest BCUT2D eigenvalue weighted by Gasteiger charge is 2.46. The number of hydrogen-bond acceptors (Lipinski definition) is 8. The summed E-state index contributed by atoms with van der Waals surface area (Å²) in [5.74, 6) is 2.31. The number of rotatable bonds is 6. The molecule has 3 aliphatic heterocycles. The SMILES string of the molecule is CCCCOc1nc(N)c2c(n1)N1CCCN(C(=O)CN3CC4CC4C3)CC1C(=O)N2. The number of hydrogen-bond donors (Lipinski definition) is 2. The molecule has 3 fully saturated rings. The van der Waals surface area contributed by atoms with Crippen molar-refractivity contribution in [3.05, 3.63) is 0 Å². The fourth-order valence-electron chi connectivity index (χ4n) is 4.96. The van der Waals surface area contributed by atoms with E-state index in [2.05, 4.69) is 27.1 Å². The van der Waals surface area contributed by atoms with Crippen LogP contribution in [0.25, 0.3) is 0 Å². The van der Waals surface area contributed by atoms with Gasteiger partial charge in [0.15, 0.2) is 11.6 Å². The van der Waals surface area contributed by atoms with Crippen LogP contribution in [0.4, 0.5) is 17.3 Å². The lowest BCUT2D eigenvalue weighted by Gasteiger charge is -2.36. The molecule has 4 heterocycles. The number of piperidine rings is 1. The van der Waals surface area contributed by atoms with Crippen LogP contribution >= 0.6 is 0 Å². The third-order valence-electron chi connectivity index (χ3n) is 6.81. The minimum atomic E-state index is -0.497. The molecule has 10 nitrogen and oxygen atoms in total. The summed E-state index contributed by atoms with van der Waals surface area (Å²) in [6.45, 7) is 6.72. The average Bonchev–Trinajstić information content (AvgIpc) is 3.42. The van der Waals surface area contributed by atoms with Crippen molar-refractivity contribution in [1.82, 2.24) is 19.8 Å². The van der Waals surface area contributed by atoms with Crippen molar-refractivity contribution in [2.45, 2.75) is 38.6 Å². The number of carbonyl (C=O) groups is 2. The zero-order valence-corrected chi connectivity index (χ0v) is 18.0. The molecule has 10 heteroatoms. The highest BCUT2D eigenvalue weighted by molar-refractivity contribution is 6.05. The maximum Gasteiger partial charge on any atom is 0.320 e. The number of carbonyl (C=O) groups excluding carboxylic acids is 2. The van der Waals surface area contributed by atoms with Crippen molar-refractivity contribution >= 4 is 29.1 Å². The van der Waals surface area contributed by atoms with Crippen molar-refractivity contribution < 1.29 is 14.3 Å².